The van der Waals surface area contributed by atoms with Crippen LogP contribution in [0.4, 0.5) is 11.5 Å². The van der Waals surface area contributed by atoms with Crippen LogP contribution in [-0.4, -0.2) is 43.0 Å². The summed E-state index contributed by atoms with van der Waals surface area (Å²) in [6, 6.07) is 12.4. The molecule has 0 atom stereocenters. The molecule has 0 aliphatic carbocycles. The molecule has 7 heteroatoms. The van der Waals surface area contributed by atoms with Gasteiger partial charge in [0.2, 0.25) is 5.91 Å². The van der Waals surface area contributed by atoms with E-state index < -0.39 is 0 Å². The van der Waals surface area contributed by atoms with E-state index in [0.29, 0.717) is 19.5 Å². The number of nitrogens with one attached hydrogen (secondary N) is 2. The standard InChI is InChI=1S/C26H36N6O/c1-2-27-26(29-19-21-9-11-23(12-10-21)32-17-7-8-25(32)33)30-20-22-13-14-28-24(18-22)31-15-5-3-4-6-16-31/h9-14,18H,2-8,15-17,19-20H2,1H3,(H2,27,29,30). The molecule has 1 aromatic carbocycles. The van der Waals surface area contributed by atoms with Gasteiger partial charge < -0.3 is 20.4 Å². The predicted octanol–water partition coefficient (Wildman–Crippen LogP) is 3.84. The van der Waals surface area contributed by atoms with Crippen molar-refractivity contribution in [2.24, 2.45) is 4.99 Å². The van der Waals surface area contributed by atoms with Crippen molar-refractivity contribution in [3.05, 3.63) is 53.7 Å². The summed E-state index contributed by atoms with van der Waals surface area (Å²) >= 11 is 0. The molecule has 0 spiro atoms. The normalized spacial score (nSPS) is 17.2. The maximum atomic E-state index is 11.9. The van der Waals surface area contributed by atoms with Crippen LogP contribution in [-0.2, 0) is 17.9 Å². The van der Waals surface area contributed by atoms with Crippen LogP contribution in [0.5, 0.6) is 0 Å². The van der Waals surface area contributed by atoms with Gasteiger partial charge in [-0.15, -0.1) is 0 Å². The molecule has 2 aliphatic rings. The van der Waals surface area contributed by atoms with E-state index in [0.717, 1.165) is 55.6 Å². The average molecular weight is 449 g/mol. The molecule has 4 rings (SSSR count). The lowest BCUT2D eigenvalue weighted by Gasteiger charge is -2.21. The maximum Gasteiger partial charge on any atom is 0.227 e. The quantitative estimate of drug-likeness (QED) is 0.497. The minimum Gasteiger partial charge on any atom is -0.357 e. The van der Waals surface area contributed by atoms with Gasteiger partial charge in [0.15, 0.2) is 5.96 Å². The summed E-state index contributed by atoms with van der Waals surface area (Å²) in [5.74, 6) is 2.08. The van der Waals surface area contributed by atoms with E-state index in [-0.39, 0.29) is 5.91 Å². The van der Waals surface area contributed by atoms with E-state index in [2.05, 4.69) is 45.6 Å². The number of benzene rings is 1. The highest BCUT2D eigenvalue weighted by Crippen LogP contribution is 2.22. The first kappa shape index (κ1) is 23.1. The molecule has 3 heterocycles. The Bertz CT molecular complexity index is 934. The van der Waals surface area contributed by atoms with Crippen molar-refractivity contribution in [1.29, 1.82) is 0 Å². The molecule has 0 unspecified atom stereocenters. The molecule has 7 nitrogen and oxygen atoms in total. The zero-order chi connectivity index (χ0) is 22.9. The van der Waals surface area contributed by atoms with Crippen LogP contribution in [0.1, 0.15) is 56.6 Å². The van der Waals surface area contributed by atoms with Crippen molar-refractivity contribution in [3.8, 4) is 0 Å². The van der Waals surface area contributed by atoms with Crippen LogP contribution < -0.4 is 20.4 Å². The second kappa shape index (κ2) is 11.7. The Balaban J connectivity index is 1.35. The molecule has 2 aromatic rings. The fourth-order valence-corrected chi connectivity index (χ4v) is 4.44. The Hall–Kier alpha value is -3.09. The van der Waals surface area contributed by atoms with Gasteiger partial charge in [-0.2, -0.15) is 0 Å². The number of rotatable bonds is 7. The first-order chi connectivity index (χ1) is 16.2. The Labute approximate surface area is 197 Å². The van der Waals surface area contributed by atoms with E-state index >= 15 is 0 Å². The number of carbonyl (C=O) groups is 1. The summed E-state index contributed by atoms with van der Waals surface area (Å²) in [5, 5.41) is 6.75. The number of aromatic nitrogens is 1. The van der Waals surface area contributed by atoms with Crippen LogP contribution in [0.2, 0.25) is 0 Å². The van der Waals surface area contributed by atoms with Crippen LogP contribution in [0.3, 0.4) is 0 Å². The van der Waals surface area contributed by atoms with Crippen LogP contribution in [0, 0.1) is 0 Å². The van der Waals surface area contributed by atoms with Crippen molar-refractivity contribution in [3.63, 3.8) is 0 Å². The number of hydrogen-bond acceptors (Lipinski definition) is 4. The molecule has 1 aromatic heterocycles. The van der Waals surface area contributed by atoms with Gasteiger partial charge in [-0.1, -0.05) is 25.0 Å². The third-order valence-corrected chi connectivity index (χ3v) is 6.29. The Morgan fingerprint density at radius 1 is 0.970 bits per heavy atom. The molecule has 0 bridgehead atoms. The summed E-state index contributed by atoms with van der Waals surface area (Å²) in [5.41, 5.74) is 3.31. The topological polar surface area (TPSA) is 72.9 Å². The van der Waals surface area contributed by atoms with Gasteiger partial charge >= 0.3 is 0 Å². The number of carbonyl (C=O) groups excluding carboxylic acids is 1. The largest absolute Gasteiger partial charge is 0.357 e. The summed E-state index contributed by atoms with van der Waals surface area (Å²) in [7, 11) is 0. The number of anilines is 2. The maximum absolute atomic E-state index is 11.9. The summed E-state index contributed by atoms with van der Waals surface area (Å²) in [4.78, 5) is 25.6. The lowest BCUT2D eigenvalue weighted by atomic mass is 10.2. The fourth-order valence-electron chi connectivity index (χ4n) is 4.44. The highest BCUT2D eigenvalue weighted by molar-refractivity contribution is 5.95. The average Bonchev–Trinajstić information content (AvgIpc) is 3.09. The number of hydrogen-bond donors (Lipinski definition) is 2. The van der Waals surface area contributed by atoms with E-state index in [1.165, 1.54) is 31.2 Å². The highest BCUT2D eigenvalue weighted by Gasteiger charge is 2.21. The molecule has 2 saturated heterocycles. The smallest absolute Gasteiger partial charge is 0.227 e. The van der Waals surface area contributed by atoms with Gasteiger partial charge in [-0.05, 0) is 61.6 Å². The van der Waals surface area contributed by atoms with E-state index in [1.807, 2.05) is 29.3 Å². The number of amides is 1. The summed E-state index contributed by atoms with van der Waals surface area (Å²) < 4.78 is 0. The highest BCUT2D eigenvalue weighted by atomic mass is 16.2. The molecular formula is C26H36N6O. The van der Waals surface area contributed by atoms with Crippen molar-refractivity contribution in [1.82, 2.24) is 15.6 Å². The first-order valence-electron chi connectivity index (χ1n) is 12.3. The predicted molar refractivity (Wildman–Crippen MR) is 135 cm³/mol. The van der Waals surface area contributed by atoms with Crippen molar-refractivity contribution < 1.29 is 4.79 Å². The summed E-state index contributed by atoms with van der Waals surface area (Å²) in [6.07, 6.45) is 8.62. The molecule has 176 valence electrons. The Morgan fingerprint density at radius 2 is 1.76 bits per heavy atom. The minimum atomic E-state index is 0.220. The SMILES string of the molecule is CCNC(=NCc1ccnc(N2CCCCCC2)c1)NCc1ccc(N2CCCC2=O)cc1. The fraction of sp³-hybridized carbons (Fsp3) is 0.500. The Morgan fingerprint density at radius 3 is 2.45 bits per heavy atom. The van der Waals surface area contributed by atoms with Crippen LogP contribution >= 0.6 is 0 Å². The van der Waals surface area contributed by atoms with Crippen LogP contribution in [0.15, 0.2) is 47.6 Å². The zero-order valence-corrected chi connectivity index (χ0v) is 19.7. The van der Waals surface area contributed by atoms with E-state index in [9.17, 15) is 4.79 Å². The van der Waals surface area contributed by atoms with Gasteiger partial charge in [-0.25, -0.2) is 9.98 Å². The molecule has 33 heavy (non-hydrogen) atoms. The van der Waals surface area contributed by atoms with Gasteiger partial charge in [0.25, 0.3) is 0 Å². The summed E-state index contributed by atoms with van der Waals surface area (Å²) in [6.45, 7) is 7.16. The molecule has 2 N–H and O–H groups in total. The van der Waals surface area contributed by atoms with Gasteiger partial charge in [0.1, 0.15) is 5.82 Å². The van der Waals surface area contributed by atoms with Crippen LogP contribution in [0.25, 0.3) is 0 Å². The zero-order valence-electron chi connectivity index (χ0n) is 19.7. The van der Waals surface area contributed by atoms with Gasteiger partial charge in [0.05, 0.1) is 6.54 Å². The number of aliphatic imine (C=N–C) groups is 1. The van der Waals surface area contributed by atoms with Crippen molar-refractivity contribution in [2.75, 3.05) is 36.0 Å². The molecule has 0 saturated carbocycles. The lowest BCUT2D eigenvalue weighted by molar-refractivity contribution is -0.117. The Kier molecular flexibility index (Phi) is 8.17. The molecule has 2 aliphatic heterocycles. The van der Waals surface area contributed by atoms with E-state index in [1.54, 1.807) is 0 Å². The minimum absolute atomic E-state index is 0.220. The van der Waals surface area contributed by atoms with Gasteiger partial charge in [-0.3, -0.25) is 4.79 Å². The van der Waals surface area contributed by atoms with E-state index in [4.69, 9.17) is 4.99 Å². The number of nitrogens with zero attached hydrogens (tertiary/aromatic N) is 4. The number of pyridine rings is 1. The lowest BCUT2D eigenvalue weighted by Crippen LogP contribution is -2.36. The molecule has 1 amide bonds. The van der Waals surface area contributed by atoms with Gasteiger partial charge in [0, 0.05) is 51.0 Å². The first-order valence-corrected chi connectivity index (χ1v) is 12.3. The third kappa shape index (κ3) is 6.46. The molecular weight excluding hydrogens is 412 g/mol. The monoisotopic (exact) mass is 448 g/mol. The van der Waals surface area contributed by atoms with Crippen molar-refractivity contribution >= 4 is 23.4 Å². The molecule has 0 radical (unpaired) electrons. The number of guanidine groups is 1. The second-order valence-electron chi connectivity index (χ2n) is 8.79. The third-order valence-electron chi connectivity index (χ3n) is 6.29. The van der Waals surface area contributed by atoms with Crippen molar-refractivity contribution in [2.45, 2.75) is 58.5 Å². The molecule has 2 fully saturated rings. The second-order valence-corrected chi connectivity index (χ2v) is 8.79.